The van der Waals surface area contributed by atoms with E-state index < -0.39 is 11.9 Å². The van der Waals surface area contributed by atoms with E-state index in [0.29, 0.717) is 0 Å². The van der Waals surface area contributed by atoms with Crippen LogP contribution in [0.4, 0.5) is 0 Å². The second kappa shape index (κ2) is 4.98. The number of hydrogen-bond acceptors (Lipinski definition) is 3. The lowest BCUT2D eigenvalue weighted by molar-refractivity contribution is -0.153. The molecular weight excluding hydrogens is 182 g/mol. The molecule has 0 aromatic rings. The van der Waals surface area contributed by atoms with Crippen molar-refractivity contribution in [3.63, 3.8) is 0 Å². The molecule has 1 saturated carbocycles. The molecule has 0 aromatic heterocycles. The molecule has 4 heteroatoms. The molecule has 1 amide bonds. The smallest absolute Gasteiger partial charge is 0.396 e. The molecule has 0 aliphatic heterocycles. The Labute approximate surface area is 84.0 Å². The Kier molecular flexibility index (Phi) is 3.92. The summed E-state index contributed by atoms with van der Waals surface area (Å²) >= 11 is 0. The Morgan fingerprint density at radius 2 is 1.79 bits per heavy atom. The van der Waals surface area contributed by atoms with Crippen LogP contribution in [0.2, 0.25) is 0 Å². The molecule has 80 valence electrons. The van der Waals surface area contributed by atoms with Gasteiger partial charge in [0.25, 0.3) is 0 Å². The van der Waals surface area contributed by atoms with Crippen LogP contribution < -0.4 is 5.32 Å². The van der Waals surface area contributed by atoms with Crippen LogP contribution in [0.15, 0.2) is 0 Å². The van der Waals surface area contributed by atoms with Gasteiger partial charge in [-0.15, -0.1) is 0 Å². The van der Waals surface area contributed by atoms with Crippen LogP contribution in [-0.4, -0.2) is 25.0 Å². The van der Waals surface area contributed by atoms with Gasteiger partial charge in [-0.3, -0.25) is 4.79 Å². The van der Waals surface area contributed by atoms with Crippen LogP contribution in [0, 0.1) is 5.92 Å². The summed E-state index contributed by atoms with van der Waals surface area (Å²) in [4.78, 5) is 22.0. The molecule has 0 atom stereocenters. The highest BCUT2D eigenvalue weighted by Crippen LogP contribution is 2.23. The van der Waals surface area contributed by atoms with E-state index in [2.05, 4.69) is 17.0 Å². The van der Waals surface area contributed by atoms with E-state index in [9.17, 15) is 9.59 Å². The van der Waals surface area contributed by atoms with Crippen molar-refractivity contribution in [3.05, 3.63) is 0 Å². The van der Waals surface area contributed by atoms with E-state index in [1.807, 2.05) is 0 Å². The summed E-state index contributed by atoms with van der Waals surface area (Å²) in [6.07, 6.45) is 4.16. The largest absolute Gasteiger partial charge is 0.462 e. The first-order valence-corrected chi connectivity index (χ1v) is 5.02. The van der Waals surface area contributed by atoms with Gasteiger partial charge in [0.2, 0.25) is 0 Å². The van der Waals surface area contributed by atoms with Gasteiger partial charge in [0.05, 0.1) is 7.11 Å². The molecule has 0 bridgehead atoms. The maximum Gasteiger partial charge on any atom is 0.396 e. The van der Waals surface area contributed by atoms with E-state index >= 15 is 0 Å². The molecule has 0 aromatic carbocycles. The van der Waals surface area contributed by atoms with Crippen molar-refractivity contribution in [2.24, 2.45) is 5.92 Å². The topological polar surface area (TPSA) is 55.4 Å². The number of rotatable bonds is 1. The molecule has 14 heavy (non-hydrogen) atoms. The first-order chi connectivity index (χ1) is 6.63. The number of esters is 1. The fourth-order valence-corrected chi connectivity index (χ4v) is 1.74. The van der Waals surface area contributed by atoms with Gasteiger partial charge in [0.15, 0.2) is 0 Å². The Bertz CT molecular complexity index is 219. The fraction of sp³-hybridized carbons (Fsp3) is 0.800. The van der Waals surface area contributed by atoms with Crippen molar-refractivity contribution in [1.82, 2.24) is 5.32 Å². The van der Waals surface area contributed by atoms with E-state index in [4.69, 9.17) is 0 Å². The van der Waals surface area contributed by atoms with Crippen LogP contribution >= 0.6 is 0 Å². The van der Waals surface area contributed by atoms with Crippen LogP contribution in [0.25, 0.3) is 0 Å². The van der Waals surface area contributed by atoms with Crippen LogP contribution in [-0.2, 0) is 14.3 Å². The van der Waals surface area contributed by atoms with E-state index in [-0.39, 0.29) is 6.04 Å². The van der Waals surface area contributed by atoms with Crippen LogP contribution in [0.5, 0.6) is 0 Å². The molecular formula is C10H17NO3. The molecule has 1 fully saturated rings. The van der Waals surface area contributed by atoms with Crippen molar-refractivity contribution in [2.75, 3.05) is 7.11 Å². The predicted octanol–water partition coefficient (Wildman–Crippen LogP) is 0.854. The molecule has 0 saturated heterocycles. The highest BCUT2D eigenvalue weighted by atomic mass is 16.5. The minimum Gasteiger partial charge on any atom is -0.462 e. The number of carbonyl (C=O) groups excluding carboxylic acids is 2. The monoisotopic (exact) mass is 199 g/mol. The molecule has 0 radical (unpaired) electrons. The van der Waals surface area contributed by atoms with Gasteiger partial charge < -0.3 is 10.1 Å². The normalized spacial score (nSPS) is 26.7. The first-order valence-electron chi connectivity index (χ1n) is 5.02. The van der Waals surface area contributed by atoms with Crippen molar-refractivity contribution in [3.8, 4) is 0 Å². The summed E-state index contributed by atoms with van der Waals surface area (Å²) in [7, 11) is 1.21. The standard InChI is InChI=1S/C10H17NO3/c1-7-3-5-8(6-4-7)11-9(12)10(13)14-2/h7-8H,3-6H2,1-2H3,(H,11,12)/t7-,8-. The second-order valence-electron chi connectivity index (χ2n) is 3.92. The number of ether oxygens (including phenoxy) is 1. The molecule has 1 aliphatic rings. The molecule has 0 unspecified atom stereocenters. The SMILES string of the molecule is COC(=O)C(=O)N[C@H]1CC[C@H](C)CC1. The highest BCUT2D eigenvalue weighted by molar-refractivity contribution is 6.32. The first kappa shape index (κ1) is 11.0. The van der Waals surface area contributed by atoms with Gasteiger partial charge in [-0.25, -0.2) is 4.79 Å². The number of methoxy groups -OCH3 is 1. The molecule has 4 nitrogen and oxygen atoms in total. The number of amides is 1. The van der Waals surface area contributed by atoms with Gasteiger partial charge >= 0.3 is 11.9 Å². The Morgan fingerprint density at radius 1 is 1.21 bits per heavy atom. The summed E-state index contributed by atoms with van der Waals surface area (Å²) in [5, 5.41) is 2.68. The van der Waals surface area contributed by atoms with Gasteiger partial charge in [0.1, 0.15) is 0 Å². The Hall–Kier alpha value is -1.06. The van der Waals surface area contributed by atoms with E-state index in [1.54, 1.807) is 0 Å². The molecule has 1 N–H and O–H groups in total. The van der Waals surface area contributed by atoms with Crippen molar-refractivity contribution < 1.29 is 14.3 Å². The molecule has 0 heterocycles. The second-order valence-corrected chi connectivity index (χ2v) is 3.92. The van der Waals surface area contributed by atoms with Gasteiger partial charge in [-0.2, -0.15) is 0 Å². The maximum atomic E-state index is 11.1. The van der Waals surface area contributed by atoms with Crippen molar-refractivity contribution >= 4 is 11.9 Å². The zero-order valence-corrected chi connectivity index (χ0v) is 8.71. The van der Waals surface area contributed by atoms with Gasteiger partial charge in [-0.05, 0) is 31.6 Å². The van der Waals surface area contributed by atoms with E-state index in [0.717, 1.165) is 31.6 Å². The zero-order valence-electron chi connectivity index (χ0n) is 8.71. The minimum atomic E-state index is -0.802. The van der Waals surface area contributed by atoms with Crippen LogP contribution in [0.3, 0.4) is 0 Å². The summed E-state index contributed by atoms with van der Waals surface area (Å²) < 4.78 is 4.32. The summed E-state index contributed by atoms with van der Waals surface area (Å²) in [5.41, 5.74) is 0. The maximum absolute atomic E-state index is 11.1. The number of carbonyl (C=O) groups is 2. The average Bonchev–Trinajstić information content (AvgIpc) is 2.20. The highest BCUT2D eigenvalue weighted by Gasteiger charge is 2.22. The third kappa shape index (κ3) is 3.01. The fourth-order valence-electron chi connectivity index (χ4n) is 1.74. The Morgan fingerprint density at radius 3 is 2.29 bits per heavy atom. The molecule has 0 spiro atoms. The number of nitrogens with one attached hydrogen (secondary N) is 1. The summed E-state index contributed by atoms with van der Waals surface area (Å²) in [5.74, 6) is -0.683. The predicted molar refractivity (Wildman–Crippen MR) is 51.6 cm³/mol. The van der Waals surface area contributed by atoms with Crippen molar-refractivity contribution in [1.29, 1.82) is 0 Å². The lowest BCUT2D eigenvalue weighted by Gasteiger charge is -2.26. The molecule has 1 aliphatic carbocycles. The van der Waals surface area contributed by atoms with Crippen molar-refractivity contribution in [2.45, 2.75) is 38.6 Å². The third-order valence-electron chi connectivity index (χ3n) is 2.72. The quantitative estimate of drug-likeness (QED) is 0.503. The minimum absolute atomic E-state index is 0.151. The third-order valence-corrected chi connectivity index (χ3v) is 2.72. The van der Waals surface area contributed by atoms with Crippen LogP contribution in [0.1, 0.15) is 32.6 Å². The number of hydrogen-bond donors (Lipinski definition) is 1. The van der Waals surface area contributed by atoms with Gasteiger partial charge in [-0.1, -0.05) is 6.92 Å². The lowest BCUT2D eigenvalue weighted by atomic mass is 9.87. The summed E-state index contributed by atoms with van der Waals surface area (Å²) in [6.45, 7) is 2.21. The average molecular weight is 199 g/mol. The zero-order chi connectivity index (χ0) is 10.6. The Balaban J connectivity index is 2.31. The molecule has 1 rings (SSSR count). The summed E-state index contributed by atoms with van der Waals surface area (Å²) in [6, 6.07) is 0.151. The van der Waals surface area contributed by atoms with Gasteiger partial charge in [0, 0.05) is 6.04 Å². The van der Waals surface area contributed by atoms with E-state index in [1.165, 1.54) is 7.11 Å². The lowest BCUT2D eigenvalue weighted by Crippen LogP contribution is -2.41.